The third-order valence-electron chi connectivity index (χ3n) is 4.37. The molecule has 7 heteroatoms. The topological polar surface area (TPSA) is 69.6 Å². The normalized spacial score (nSPS) is 11.1. The fraction of sp³-hybridized carbons (Fsp3) is 0.238. The van der Waals surface area contributed by atoms with Gasteiger partial charge in [-0.15, -0.1) is 20.4 Å². The summed E-state index contributed by atoms with van der Waals surface area (Å²) in [7, 11) is 0. The van der Waals surface area contributed by atoms with Crippen molar-refractivity contribution in [2.24, 2.45) is 0 Å². The van der Waals surface area contributed by atoms with E-state index in [9.17, 15) is 0 Å². The van der Waals surface area contributed by atoms with Crippen molar-refractivity contribution in [3.63, 3.8) is 0 Å². The number of thioether (sulfide) groups is 1. The zero-order chi connectivity index (χ0) is 19.5. The van der Waals surface area contributed by atoms with Gasteiger partial charge in [-0.3, -0.25) is 4.57 Å². The van der Waals surface area contributed by atoms with Gasteiger partial charge in [0.15, 0.2) is 11.0 Å². The molecule has 0 saturated carbocycles. The van der Waals surface area contributed by atoms with Crippen molar-refractivity contribution in [3.8, 4) is 17.1 Å². The maximum atomic E-state index is 5.62. The Kier molecular flexibility index (Phi) is 5.25. The Morgan fingerprint density at radius 2 is 1.46 bits per heavy atom. The molecule has 0 amide bonds. The van der Waals surface area contributed by atoms with Gasteiger partial charge in [0, 0.05) is 17.7 Å². The Morgan fingerprint density at radius 3 is 2.11 bits per heavy atom. The van der Waals surface area contributed by atoms with E-state index in [1.54, 1.807) is 0 Å². The van der Waals surface area contributed by atoms with Crippen molar-refractivity contribution in [1.82, 2.24) is 25.0 Å². The maximum absolute atomic E-state index is 5.62. The predicted molar refractivity (Wildman–Crippen MR) is 110 cm³/mol. The third-order valence-corrected chi connectivity index (χ3v) is 5.28. The molecule has 0 bridgehead atoms. The summed E-state index contributed by atoms with van der Waals surface area (Å²) in [5.74, 6) is 2.60. The Hall–Kier alpha value is -2.93. The lowest BCUT2D eigenvalue weighted by atomic mass is 10.1. The monoisotopic (exact) mass is 391 g/mol. The van der Waals surface area contributed by atoms with E-state index in [0.717, 1.165) is 28.7 Å². The van der Waals surface area contributed by atoms with Crippen LogP contribution in [0.2, 0.25) is 0 Å². The van der Waals surface area contributed by atoms with E-state index in [4.69, 9.17) is 4.42 Å². The fourth-order valence-electron chi connectivity index (χ4n) is 2.80. The van der Waals surface area contributed by atoms with Crippen molar-refractivity contribution in [3.05, 3.63) is 71.4 Å². The van der Waals surface area contributed by atoms with Crippen LogP contribution in [0.25, 0.3) is 17.1 Å². The summed E-state index contributed by atoms with van der Waals surface area (Å²) in [5.41, 5.74) is 4.47. The van der Waals surface area contributed by atoms with Crippen molar-refractivity contribution in [2.45, 2.75) is 38.1 Å². The highest BCUT2D eigenvalue weighted by atomic mass is 32.2. The number of nitrogens with zero attached hydrogens (tertiary/aromatic N) is 5. The lowest BCUT2D eigenvalue weighted by Gasteiger charge is -2.10. The molecule has 0 N–H and O–H groups in total. The average Bonchev–Trinajstić information content (AvgIpc) is 3.34. The molecule has 0 saturated heterocycles. The molecule has 2 heterocycles. The second-order valence-corrected chi connectivity index (χ2v) is 7.52. The Labute approximate surface area is 168 Å². The third kappa shape index (κ3) is 3.84. The molecular formula is C21H21N5OS. The number of benzene rings is 2. The van der Waals surface area contributed by atoms with Crippen molar-refractivity contribution < 1.29 is 4.42 Å². The summed E-state index contributed by atoms with van der Waals surface area (Å²) >= 11 is 1.53. The summed E-state index contributed by atoms with van der Waals surface area (Å²) in [6.45, 7) is 6.14. The first-order chi connectivity index (χ1) is 13.6. The summed E-state index contributed by atoms with van der Waals surface area (Å²) in [4.78, 5) is 0. The van der Waals surface area contributed by atoms with Crippen LogP contribution in [-0.2, 0) is 12.2 Å². The number of hydrogen-bond donors (Lipinski definition) is 0. The molecule has 0 aliphatic rings. The highest BCUT2D eigenvalue weighted by molar-refractivity contribution is 7.98. The zero-order valence-electron chi connectivity index (χ0n) is 16.1. The Balaban J connectivity index is 1.71. The number of aryl methyl sites for hydroxylation is 3. The SMILES string of the molecule is CCc1nnc(CSc2nnc(-c3ccc(C)cc3)n2-c2ccc(C)cc2)o1. The van der Waals surface area contributed by atoms with E-state index in [2.05, 4.69) is 87.3 Å². The second kappa shape index (κ2) is 7.98. The fourth-order valence-corrected chi connectivity index (χ4v) is 3.58. The van der Waals surface area contributed by atoms with Crippen LogP contribution in [0.3, 0.4) is 0 Å². The first-order valence-electron chi connectivity index (χ1n) is 9.17. The first-order valence-corrected chi connectivity index (χ1v) is 10.2. The molecule has 142 valence electrons. The molecule has 28 heavy (non-hydrogen) atoms. The van der Waals surface area contributed by atoms with Crippen LogP contribution >= 0.6 is 11.8 Å². The van der Waals surface area contributed by atoms with E-state index in [-0.39, 0.29) is 0 Å². The van der Waals surface area contributed by atoms with Crippen molar-refractivity contribution in [1.29, 1.82) is 0 Å². The highest BCUT2D eigenvalue weighted by Crippen LogP contribution is 2.29. The smallest absolute Gasteiger partial charge is 0.226 e. The van der Waals surface area contributed by atoms with Crippen LogP contribution in [0, 0.1) is 13.8 Å². The minimum Gasteiger partial charge on any atom is -0.424 e. The van der Waals surface area contributed by atoms with Gasteiger partial charge in [-0.1, -0.05) is 66.2 Å². The predicted octanol–water partition coefficient (Wildman–Crippen LogP) is 4.79. The summed E-state index contributed by atoms with van der Waals surface area (Å²) in [6.07, 6.45) is 0.731. The average molecular weight is 392 g/mol. The molecule has 6 nitrogen and oxygen atoms in total. The molecule has 4 aromatic rings. The standard InChI is InChI=1S/C21H21N5OS/c1-4-18-22-23-19(27-18)13-28-21-25-24-20(16-9-5-14(2)6-10-16)26(21)17-11-7-15(3)8-12-17/h5-12H,4,13H2,1-3H3. The molecule has 2 aromatic carbocycles. The summed E-state index contributed by atoms with van der Waals surface area (Å²) in [6, 6.07) is 16.7. The maximum Gasteiger partial charge on any atom is 0.226 e. The lowest BCUT2D eigenvalue weighted by Crippen LogP contribution is -2.00. The van der Waals surface area contributed by atoms with Gasteiger partial charge in [0.1, 0.15) is 0 Å². The zero-order valence-corrected chi connectivity index (χ0v) is 16.9. The van der Waals surface area contributed by atoms with Crippen LogP contribution in [0.5, 0.6) is 0 Å². The summed E-state index contributed by atoms with van der Waals surface area (Å²) < 4.78 is 7.70. The van der Waals surface area contributed by atoms with Crippen molar-refractivity contribution in [2.75, 3.05) is 0 Å². The van der Waals surface area contributed by atoms with E-state index >= 15 is 0 Å². The van der Waals surface area contributed by atoms with Gasteiger partial charge in [0.2, 0.25) is 11.8 Å². The summed E-state index contributed by atoms with van der Waals surface area (Å²) in [5, 5.41) is 17.8. The van der Waals surface area contributed by atoms with E-state index in [1.165, 1.54) is 22.9 Å². The van der Waals surface area contributed by atoms with Gasteiger partial charge < -0.3 is 4.42 Å². The number of hydrogen-bond acceptors (Lipinski definition) is 6. The minimum absolute atomic E-state index is 0.547. The van der Waals surface area contributed by atoms with Crippen LogP contribution in [-0.4, -0.2) is 25.0 Å². The van der Waals surface area contributed by atoms with Crippen LogP contribution < -0.4 is 0 Å². The molecular weight excluding hydrogens is 370 g/mol. The molecule has 0 aliphatic heterocycles. The Bertz CT molecular complexity index is 1070. The van der Waals surface area contributed by atoms with Crippen LogP contribution in [0.15, 0.2) is 58.1 Å². The second-order valence-electron chi connectivity index (χ2n) is 6.57. The van der Waals surface area contributed by atoms with Gasteiger partial charge in [-0.25, -0.2) is 0 Å². The molecule has 0 fully saturated rings. The largest absolute Gasteiger partial charge is 0.424 e. The van der Waals surface area contributed by atoms with Gasteiger partial charge >= 0.3 is 0 Å². The van der Waals surface area contributed by atoms with Gasteiger partial charge in [0.25, 0.3) is 0 Å². The highest BCUT2D eigenvalue weighted by Gasteiger charge is 2.17. The minimum atomic E-state index is 0.547. The molecule has 0 unspecified atom stereocenters. The van der Waals surface area contributed by atoms with E-state index < -0.39 is 0 Å². The van der Waals surface area contributed by atoms with Crippen LogP contribution in [0.4, 0.5) is 0 Å². The molecule has 0 atom stereocenters. The molecule has 2 aromatic heterocycles. The first kappa shape index (κ1) is 18.4. The van der Waals surface area contributed by atoms with Gasteiger partial charge in [-0.2, -0.15) is 0 Å². The molecule has 0 radical (unpaired) electrons. The van der Waals surface area contributed by atoms with E-state index in [0.29, 0.717) is 17.5 Å². The molecule has 4 rings (SSSR count). The van der Waals surface area contributed by atoms with Crippen molar-refractivity contribution >= 4 is 11.8 Å². The quantitative estimate of drug-likeness (QED) is 0.440. The molecule has 0 spiro atoms. The number of rotatable bonds is 6. The van der Waals surface area contributed by atoms with Gasteiger partial charge in [-0.05, 0) is 26.0 Å². The lowest BCUT2D eigenvalue weighted by molar-refractivity contribution is 0.470. The van der Waals surface area contributed by atoms with Crippen LogP contribution in [0.1, 0.15) is 29.8 Å². The molecule has 0 aliphatic carbocycles. The van der Waals surface area contributed by atoms with Gasteiger partial charge in [0.05, 0.1) is 5.75 Å². The van der Waals surface area contributed by atoms with E-state index in [1.807, 2.05) is 6.92 Å². The number of aromatic nitrogens is 5. The Morgan fingerprint density at radius 1 is 0.821 bits per heavy atom.